The van der Waals surface area contributed by atoms with E-state index in [1.54, 1.807) is 0 Å². The van der Waals surface area contributed by atoms with Crippen LogP contribution in [0.4, 0.5) is 4.79 Å². The number of hydrogen-bond acceptors (Lipinski definition) is 7. The highest BCUT2D eigenvalue weighted by Gasteiger charge is 2.14. The predicted molar refractivity (Wildman–Crippen MR) is 99.0 cm³/mol. The van der Waals surface area contributed by atoms with Gasteiger partial charge in [0.15, 0.2) is 11.8 Å². The van der Waals surface area contributed by atoms with Crippen molar-refractivity contribution in [2.45, 2.75) is 58.2 Å². The smallest absolute Gasteiger partial charge is 0.321 e. The number of esters is 1. The summed E-state index contributed by atoms with van der Waals surface area (Å²) in [4.78, 5) is 43.7. The van der Waals surface area contributed by atoms with Crippen molar-refractivity contribution >= 4 is 29.7 Å². The number of aromatic nitrogens is 2. The van der Waals surface area contributed by atoms with Gasteiger partial charge in [-0.15, -0.1) is 0 Å². The van der Waals surface area contributed by atoms with Crippen molar-refractivity contribution in [3.8, 4) is 0 Å². The minimum Gasteiger partial charge on any atom is -0.456 e. The van der Waals surface area contributed by atoms with Gasteiger partial charge in [-0.2, -0.15) is 0 Å². The molecule has 1 aromatic rings. The molecule has 1 aromatic heterocycles. The van der Waals surface area contributed by atoms with Crippen molar-refractivity contribution in [1.82, 2.24) is 20.6 Å². The molecule has 0 aliphatic rings. The molecule has 0 spiro atoms. The Labute approximate surface area is 157 Å². The Morgan fingerprint density at radius 1 is 1.19 bits per heavy atom. The summed E-state index contributed by atoms with van der Waals surface area (Å²) in [6.07, 6.45) is 3.19. The summed E-state index contributed by atoms with van der Waals surface area (Å²) >= 11 is 1.46. The van der Waals surface area contributed by atoms with E-state index < -0.39 is 24.5 Å². The molecule has 0 unspecified atom stereocenters. The first-order valence-corrected chi connectivity index (χ1v) is 9.63. The van der Waals surface area contributed by atoms with E-state index in [0.717, 1.165) is 23.4 Å². The van der Waals surface area contributed by atoms with Crippen LogP contribution < -0.4 is 10.6 Å². The first-order valence-electron chi connectivity index (χ1n) is 8.40. The van der Waals surface area contributed by atoms with Crippen LogP contribution in [0.1, 0.15) is 43.6 Å². The lowest BCUT2D eigenvalue weighted by Crippen LogP contribution is -2.44. The van der Waals surface area contributed by atoms with E-state index >= 15 is 0 Å². The molecule has 9 heteroatoms. The molecule has 3 amide bonds. The van der Waals surface area contributed by atoms with Crippen LogP contribution in [-0.2, 0) is 20.7 Å². The number of imide groups is 1. The van der Waals surface area contributed by atoms with E-state index in [-0.39, 0.29) is 12.5 Å². The van der Waals surface area contributed by atoms with E-state index in [9.17, 15) is 14.4 Å². The number of ether oxygens (including phenoxy) is 1. The predicted octanol–water partition coefficient (Wildman–Crippen LogP) is 1.92. The van der Waals surface area contributed by atoms with Gasteiger partial charge in [-0.05, 0) is 45.4 Å². The number of nitrogens with zero attached hydrogens (tertiary/aromatic N) is 2. The fourth-order valence-electron chi connectivity index (χ4n) is 2.13. The maximum atomic E-state index is 11.8. The van der Waals surface area contributed by atoms with E-state index in [1.165, 1.54) is 11.8 Å². The second-order valence-corrected chi connectivity index (χ2v) is 6.62. The average Bonchev–Trinajstić information content (AvgIpc) is 2.58. The largest absolute Gasteiger partial charge is 0.456 e. The minimum atomic E-state index is -0.667. The molecule has 1 atom stereocenters. The van der Waals surface area contributed by atoms with Crippen LogP contribution in [0, 0.1) is 13.8 Å². The number of rotatable bonds is 8. The lowest BCUT2D eigenvalue weighted by molar-refractivity contribution is -0.148. The molecule has 0 radical (unpaired) electrons. The fourth-order valence-corrected chi connectivity index (χ4v) is 2.59. The van der Waals surface area contributed by atoms with Crippen LogP contribution >= 0.6 is 11.8 Å². The molecule has 26 heavy (non-hydrogen) atoms. The molecule has 0 saturated carbocycles. The van der Waals surface area contributed by atoms with Crippen LogP contribution in [0.5, 0.6) is 0 Å². The Balaban J connectivity index is 2.41. The molecule has 0 aliphatic carbocycles. The third-order valence-corrected chi connectivity index (χ3v) is 4.32. The van der Waals surface area contributed by atoms with Gasteiger partial charge in [0.05, 0.1) is 0 Å². The van der Waals surface area contributed by atoms with Crippen molar-refractivity contribution in [2.75, 3.05) is 12.9 Å². The zero-order chi connectivity index (χ0) is 19.7. The number of carbonyl (C=O) groups is 3. The molecular weight excluding hydrogens is 356 g/mol. The Morgan fingerprint density at radius 3 is 2.35 bits per heavy atom. The molecule has 0 bridgehead atoms. The number of nitrogens with one attached hydrogen (secondary N) is 2. The van der Waals surface area contributed by atoms with Gasteiger partial charge < -0.3 is 10.1 Å². The second kappa shape index (κ2) is 10.7. The van der Waals surface area contributed by atoms with Crippen molar-refractivity contribution in [3.05, 3.63) is 17.0 Å². The fraction of sp³-hybridized carbons (Fsp3) is 0.588. The topological polar surface area (TPSA) is 110 Å². The van der Waals surface area contributed by atoms with Crippen LogP contribution in [0.3, 0.4) is 0 Å². The average molecular weight is 382 g/mol. The van der Waals surface area contributed by atoms with E-state index in [1.807, 2.05) is 34.0 Å². The van der Waals surface area contributed by atoms with Gasteiger partial charge >= 0.3 is 12.0 Å². The van der Waals surface area contributed by atoms with Gasteiger partial charge in [0.1, 0.15) is 0 Å². The van der Waals surface area contributed by atoms with Gasteiger partial charge in [-0.3, -0.25) is 14.9 Å². The lowest BCUT2D eigenvalue weighted by atomic mass is 10.1. The Morgan fingerprint density at radius 2 is 1.81 bits per heavy atom. The molecule has 0 aromatic carbocycles. The Kier molecular flexibility index (Phi) is 9.04. The summed E-state index contributed by atoms with van der Waals surface area (Å²) in [5.41, 5.74) is 2.56. The van der Waals surface area contributed by atoms with Gasteiger partial charge in [0.25, 0.3) is 5.91 Å². The third kappa shape index (κ3) is 7.38. The van der Waals surface area contributed by atoms with Gasteiger partial charge in [-0.1, -0.05) is 18.7 Å². The van der Waals surface area contributed by atoms with E-state index in [0.29, 0.717) is 11.6 Å². The van der Waals surface area contributed by atoms with Crippen molar-refractivity contribution in [1.29, 1.82) is 0 Å². The van der Waals surface area contributed by atoms with Crippen molar-refractivity contribution in [2.24, 2.45) is 0 Å². The number of amides is 3. The minimum absolute atomic E-state index is 0.0449. The molecule has 8 nitrogen and oxygen atoms in total. The first kappa shape index (κ1) is 21.9. The quantitative estimate of drug-likeness (QED) is 0.401. The summed E-state index contributed by atoms with van der Waals surface area (Å²) in [6.45, 7) is 6.99. The van der Waals surface area contributed by atoms with Gasteiger partial charge in [-0.25, -0.2) is 14.8 Å². The zero-order valence-corrected chi connectivity index (χ0v) is 16.7. The molecule has 1 rings (SSSR count). The number of aryl methyl sites for hydroxylation is 2. The standard InChI is InChI=1S/C17H26N4O4S/c1-6-10(2)18-16(24)21-14(22)9-25-15(23)8-7-13-11(3)19-17(26-5)20-12(13)4/h10H,6-9H2,1-5H3,(H2,18,21,22,24)/t10-/m0/s1. The normalized spacial score (nSPS) is 11.6. The first-order chi connectivity index (χ1) is 12.3. The summed E-state index contributed by atoms with van der Waals surface area (Å²) in [5, 5.41) is 5.40. The highest BCUT2D eigenvalue weighted by molar-refractivity contribution is 7.98. The zero-order valence-electron chi connectivity index (χ0n) is 15.8. The molecule has 1 heterocycles. The summed E-state index contributed by atoms with van der Waals surface area (Å²) in [6, 6.07) is -0.644. The number of carbonyl (C=O) groups excluding carboxylic acids is 3. The molecule has 0 fully saturated rings. The molecule has 144 valence electrons. The van der Waals surface area contributed by atoms with Crippen molar-refractivity contribution < 1.29 is 19.1 Å². The van der Waals surface area contributed by atoms with Crippen LogP contribution in [0.2, 0.25) is 0 Å². The van der Waals surface area contributed by atoms with E-state index in [4.69, 9.17) is 4.74 Å². The highest BCUT2D eigenvalue weighted by atomic mass is 32.2. The van der Waals surface area contributed by atoms with E-state index in [2.05, 4.69) is 20.6 Å². The van der Waals surface area contributed by atoms with Gasteiger partial charge in [0.2, 0.25) is 0 Å². The summed E-state index contributed by atoms with van der Waals surface area (Å²) < 4.78 is 4.91. The van der Waals surface area contributed by atoms with Crippen LogP contribution in [0.15, 0.2) is 5.16 Å². The SMILES string of the molecule is CC[C@H](C)NC(=O)NC(=O)COC(=O)CCc1c(C)nc(SC)nc1C. The Hall–Kier alpha value is -2.16. The molecule has 0 saturated heterocycles. The summed E-state index contributed by atoms with van der Waals surface area (Å²) in [5.74, 6) is -1.19. The van der Waals surface area contributed by atoms with Crippen molar-refractivity contribution in [3.63, 3.8) is 0 Å². The lowest BCUT2D eigenvalue weighted by Gasteiger charge is -2.12. The molecule has 2 N–H and O–H groups in total. The maximum Gasteiger partial charge on any atom is 0.321 e. The molecule has 0 aliphatic heterocycles. The maximum absolute atomic E-state index is 11.8. The monoisotopic (exact) mass is 382 g/mol. The second-order valence-electron chi connectivity index (χ2n) is 5.85. The molecular formula is C17H26N4O4S. The van der Waals surface area contributed by atoms with Crippen LogP contribution in [-0.4, -0.2) is 46.8 Å². The summed E-state index contributed by atoms with van der Waals surface area (Å²) in [7, 11) is 0. The number of urea groups is 1. The highest BCUT2D eigenvalue weighted by Crippen LogP contribution is 2.17. The Bertz CT molecular complexity index is 643. The number of thioether (sulfide) groups is 1. The number of hydrogen-bond donors (Lipinski definition) is 2. The third-order valence-electron chi connectivity index (χ3n) is 3.77. The van der Waals surface area contributed by atoms with Crippen LogP contribution in [0.25, 0.3) is 0 Å². The van der Waals surface area contributed by atoms with Gasteiger partial charge in [0, 0.05) is 23.9 Å².